The summed E-state index contributed by atoms with van der Waals surface area (Å²) in [4.78, 5) is 108. The number of carbonyl (C=O) groups excluding carboxylic acids is 5. The molecule has 0 saturated carbocycles. The fourth-order valence-corrected chi connectivity index (χ4v) is 19.9. The van der Waals surface area contributed by atoms with Gasteiger partial charge in [0.2, 0.25) is 29.5 Å². The molecule has 5 amide bonds. The number of unbranched alkanes of at least 4 members (excludes halogenated alkanes) is 22. The van der Waals surface area contributed by atoms with Crippen LogP contribution in [0.2, 0.25) is 0 Å². The van der Waals surface area contributed by atoms with E-state index in [4.69, 9.17) is 66.3 Å². The number of carbonyl (C=O) groups is 8. The zero-order valence-corrected chi connectivity index (χ0v) is 85.7. The van der Waals surface area contributed by atoms with Gasteiger partial charge < -0.3 is 226 Å². The molecule has 0 spiro atoms. The summed E-state index contributed by atoms with van der Waals surface area (Å²) in [6.45, 7) is -0.109. The normalized spacial score (nSPS) is 35.6. The first-order chi connectivity index (χ1) is 70.7. The molecule has 866 valence electrons. The van der Waals surface area contributed by atoms with Gasteiger partial charge in [-0.05, 0) is 18.8 Å². The highest BCUT2D eigenvalue weighted by atomic mass is 16.8. The summed E-state index contributed by atoms with van der Waals surface area (Å²) in [5.74, 6) is -22.0. The van der Waals surface area contributed by atoms with Crippen molar-refractivity contribution in [3.8, 4) is 0 Å². The summed E-state index contributed by atoms with van der Waals surface area (Å²) >= 11 is 0. The molecule has 0 aromatic carbocycles. The van der Waals surface area contributed by atoms with E-state index in [1.165, 1.54) is 64.2 Å². The third-order valence-electron chi connectivity index (χ3n) is 28.6. The van der Waals surface area contributed by atoms with Crippen LogP contribution in [0.15, 0.2) is 0 Å². The lowest BCUT2D eigenvalue weighted by atomic mass is 9.87. The zero-order valence-electron chi connectivity index (χ0n) is 85.7. The van der Waals surface area contributed by atoms with Gasteiger partial charge in [0.05, 0.1) is 101 Å². The number of ether oxygens (including phenoxy) is 14. The van der Waals surface area contributed by atoms with Gasteiger partial charge in [0, 0.05) is 53.4 Å². The lowest BCUT2D eigenvalue weighted by molar-refractivity contribution is -0.404. The molecule has 53 heteroatoms. The summed E-state index contributed by atoms with van der Waals surface area (Å²) in [6, 6.07) is -9.64. The minimum Gasteiger partial charge on any atom is -0.477 e. The highest BCUT2D eigenvalue weighted by Gasteiger charge is 2.67. The molecule has 42 atom stereocenters. The maximum atomic E-state index is 14.3. The number of carboxylic acids is 3. The van der Waals surface area contributed by atoms with E-state index in [1.807, 2.05) is 0 Å². The van der Waals surface area contributed by atoms with Crippen molar-refractivity contribution in [3.05, 3.63) is 0 Å². The van der Waals surface area contributed by atoms with Gasteiger partial charge in [-0.3, -0.25) is 24.0 Å². The predicted octanol–water partition coefficient (Wildman–Crippen LogP) is -7.25. The smallest absolute Gasteiger partial charge is 0.364 e. The Bertz CT molecular complexity index is 3940. The average Bonchev–Trinajstić information content (AvgIpc) is 0.794. The maximum Gasteiger partial charge on any atom is 0.364 e. The SMILES string of the molecule is CCCCCCCCCCCCCCCCCCCC(=O)NC(COC1OC(CO)C(OC2OC(CO)C(O)C(OC3OC(CO)C(O)C(OC4(C(=O)O)CC(O)C(NC(C)=O)C(C(O)C(CO)OC5OC(CO)C(OC6(C(=O)O)CC(O)C(NC(C)=O)C(C(O)C(O)CO)O6)C(OC6(C(=O)O)CC(O)C(NC(C)=O)C(C(O)C(O)CO)O6)C5O)O4)C3NC(C)=O)C2O)C(O)C1O)C(O)C(O)CCCCCCCCCC(C)CC. The molecule has 7 fully saturated rings. The number of carboxylic acid groups (broad SMARTS) is 3. The van der Waals surface area contributed by atoms with Crippen molar-refractivity contribution in [2.75, 3.05) is 52.9 Å². The Morgan fingerprint density at radius 1 is 0.362 bits per heavy atom. The van der Waals surface area contributed by atoms with Crippen molar-refractivity contribution in [2.45, 2.75) is 497 Å². The monoisotopic (exact) mass is 2160 g/mol. The lowest BCUT2D eigenvalue weighted by Crippen LogP contribution is -2.73. The second-order valence-corrected chi connectivity index (χ2v) is 40.3. The molecule has 7 heterocycles. The summed E-state index contributed by atoms with van der Waals surface area (Å²) in [7, 11) is 0. The molecule has 31 N–H and O–H groups in total. The number of rotatable bonds is 67. The standard InChI is InChI=1S/C96H169N5O48/c1-8-10-11-12-13-14-15-16-17-18-19-20-21-22-26-29-32-35-64(119)101-52(69(120)53(113)34-31-28-25-23-24-27-30-33-47(3)9-2)46-136-88-76(127)75(126)79(62(44-107)140-88)142-90-77(128)85(74(125)61(43-106)139-90)143-87-68(100-51(7)112)84(73(124)59(41-104)137-87)148-95(92(132)133)37-56(116)67(99-50(6)111)83(147-95)72(123)60(42-105)138-89-78(129)86(149-96(93(134)135)38-55(115)66(98-49(5)110)82(146-96)71(122)58(118)40-103)80(63(45-108)141-89)144-94(91(130)131)36-54(114)65(97-48(4)109)81(145-94)70(121)57(117)39-102/h47,52-63,65-90,102-108,113-118,120-129H,8-46H2,1-7H3,(H,97,109)(H,98,110)(H,99,111)(H,100,112)(H,101,119)(H,130,131)(H,132,133)(H,134,135). The largest absolute Gasteiger partial charge is 0.477 e. The first kappa shape index (κ1) is 130. The highest BCUT2D eigenvalue weighted by molar-refractivity contribution is 5.79. The van der Waals surface area contributed by atoms with Crippen molar-refractivity contribution >= 4 is 47.4 Å². The maximum absolute atomic E-state index is 14.3. The van der Waals surface area contributed by atoms with E-state index in [0.29, 0.717) is 18.8 Å². The van der Waals surface area contributed by atoms with Crippen LogP contribution in [0.5, 0.6) is 0 Å². The van der Waals surface area contributed by atoms with E-state index in [-0.39, 0.29) is 12.8 Å². The zero-order chi connectivity index (χ0) is 111. The predicted molar refractivity (Wildman–Crippen MR) is 507 cm³/mol. The summed E-state index contributed by atoms with van der Waals surface area (Å²) < 4.78 is 83.6. The van der Waals surface area contributed by atoms with E-state index >= 15 is 0 Å². The molecular formula is C96H169N5O48. The number of nitrogens with one attached hydrogen (secondary N) is 5. The van der Waals surface area contributed by atoms with Gasteiger partial charge in [0.25, 0.3) is 17.4 Å². The fraction of sp³-hybridized carbons (Fsp3) is 0.917. The molecule has 7 aliphatic rings. The van der Waals surface area contributed by atoms with Crippen molar-refractivity contribution in [1.29, 1.82) is 0 Å². The third kappa shape index (κ3) is 36.4. The Balaban J connectivity index is 1.14. The molecule has 0 bridgehead atoms. The van der Waals surface area contributed by atoms with Crippen LogP contribution in [-0.2, 0) is 105 Å². The Kier molecular flexibility index (Phi) is 55.6. The number of aliphatic hydroxyl groups is 23. The first-order valence-electron chi connectivity index (χ1n) is 52.2. The molecule has 7 rings (SSSR count). The van der Waals surface area contributed by atoms with E-state index in [2.05, 4.69) is 47.4 Å². The van der Waals surface area contributed by atoms with Crippen LogP contribution in [0.1, 0.15) is 248 Å². The second-order valence-electron chi connectivity index (χ2n) is 40.3. The lowest BCUT2D eigenvalue weighted by Gasteiger charge is -2.53. The van der Waals surface area contributed by atoms with Crippen LogP contribution in [0.25, 0.3) is 0 Å². The molecule has 0 radical (unpaired) electrons. The van der Waals surface area contributed by atoms with Crippen molar-refractivity contribution < 1.29 is 237 Å². The Labute approximate surface area is 864 Å². The van der Waals surface area contributed by atoms with E-state index in [9.17, 15) is 171 Å². The second kappa shape index (κ2) is 63.6. The topological polar surface area (TPSA) is 852 Å². The number of hydrogen-bond acceptors (Lipinski definition) is 45. The molecule has 149 heavy (non-hydrogen) atoms. The molecule has 0 aliphatic carbocycles. The van der Waals surface area contributed by atoms with Gasteiger partial charge in [0.1, 0.15) is 159 Å². The molecule has 7 aliphatic heterocycles. The first-order valence-corrected chi connectivity index (χ1v) is 52.2. The third-order valence-corrected chi connectivity index (χ3v) is 28.6. The number of hydrogen-bond donors (Lipinski definition) is 31. The number of amides is 5. The van der Waals surface area contributed by atoms with Gasteiger partial charge in [-0.2, -0.15) is 0 Å². The van der Waals surface area contributed by atoms with Crippen molar-refractivity contribution in [2.24, 2.45) is 5.92 Å². The Hall–Kier alpha value is -5.72. The van der Waals surface area contributed by atoms with Crippen molar-refractivity contribution in [1.82, 2.24) is 26.6 Å². The molecule has 0 aromatic rings. The van der Waals surface area contributed by atoms with Gasteiger partial charge in [-0.15, -0.1) is 0 Å². The summed E-state index contributed by atoms with van der Waals surface area (Å²) in [6.07, 6.45) is -53.6. The fourth-order valence-electron chi connectivity index (χ4n) is 19.9. The van der Waals surface area contributed by atoms with Crippen LogP contribution >= 0.6 is 0 Å². The summed E-state index contributed by atoms with van der Waals surface area (Å²) in [5.41, 5.74) is 0. The van der Waals surface area contributed by atoms with Crippen LogP contribution in [0.4, 0.5) is 0 Å². The van der Waals surface area contributed by atoms with E-state index in [0.717, 1.165) is 118 Å². The van der Waals surface area contributed by atoms with Gasteiger partial charge >= 0.3 is 17.9 Å². The molecule has 42 unspecified atom stereocenters. The average molecular weight is 2160 g/mol. The van der Waals surface area contributed by atoms with Gasteiger partial charge in [-0.25, -0.2) is 14.4 Å². The molecular weight excluding hydrogens is 1990 g/mol. The Morgan fingerprint density at radius 3 is 1.13 bits per heavy atom. The van der Waals surface area contributed by atoms with Crippen molar-refractivity contribution in [3.63, 3.8) is 0 Å². The molecule has 0 aromatic heterocycles. The minimum atomic E-state index is -3.68. The highest BCUT2D eigenvalue weighted by Crippen LogP contribution is 2.46. The quantitative estimate of drug-likeness (QED) is 0.0252. The van der Waals surface area contributed by atoms with Crippen LogP contribution in [-0.4, -0.2) is 483 Å². The van der Waals surface area contributed by atoms with Crippen LogP contribution in [0, 0.1) is 5.92 Å². The van der Waals surface area contributed by atoms with E-state index in [1.54, 1.807) is 0 Å². The Morgan fingerprint density at radius 2 is 0.718 bits per heavy atom. The van der Waals surface area contributed by atoms with Crippen LogP contribution < -0.4 is 26.6 Å². The number of aliphatic carboxylic acids is 3. The molecule has 53 nitrogen and oxygen atoms in total. The minimum absolute atomic E-state index is 0.0435. The summed E-state index contributed by atoms with van der Waals surface area (Å²) in [5, 5.41) is 309. The van der Waals surface area contributed by atoms with Gasteiger partial charge in [0.15, 0.2) is 25.2 Å². The van der Waals surface area contributed by atoms with Crippen LogP contribution in [0.3, 0.4) is 0 Å². The van der Waals surface area contributed by atoms with Gasteiger partial charge in [-0.1, -0.05) is 181 Å². The molecule has 7 saturated heterocycles. The number of aliphatic hydroxyl groups excluding tert-OH is 23. The van der Waals surface area contributed by atoms with E-state index < -0.39 is 369 Å².